The third kappa shape index (κ3) is 5.46. The Balaban J connectivity index is 1.54. The summed E-state index contributed by atoms with van der Waals surface area (Å²) in [5, 5.41) is 7.83. The van der Waals surface area contributed by atoms with Gasteiger partial charge < -0.3 is 10.6 Å². The average Bonchev–Trinajstić information content (AvgIpc) is 2.90. The van der Waals surface area contributed by atoms with E-state index >= 15 is 0 Å². The fourth-order valence-electron chi connectivity index (χ4n) is 4.03. The van der Waals surface area contributed by atoms with E-state index in [1.165, 1.54) is 5.56 Å². The lowest BCUT2D eigenvalue weighted by atomic mass is 9.95. The summed E-state index contributed by atoms with van der Waals surface area (Å²) in [5.74, 6) is -0.0394. The number of benzene rings is 3. The Morgan fingerprint density at radius 2 is 1.71 bits per heavy atom. The van der Waals surface area contributed by atoms with Crippen LogP contribution in [0.15, 0.2) is 72.8 Å². The molecule has 4 nitrogen and oxygen atoms in total. The lowest BCUT2D eigenvalue weighted by Gasteiger charge is -2.31. The number of amides is 1. The first-order valence-corrected chi connectivity index (χ1v) is 11.2. The topological polar surface area (TPSA) is 44.4 Å². The molecule has 1 heterocycles. The highest BCUT2D eigenvalue weighted by molar-refractivity contribution is 6.31. The Hall–Kier alpha value is -2.37. The van der Waals surface area contributed by atoms with Gasteiger partial charge in [0.2, 0.25) is 5.91 Å². The molecule has 0 saturated carbocycles. The number of fused-ring (bicyclic) bond motifs is 1. The fourth-order valence-corrected chi connectivity index (χ4v) is 4.45. The minimum Gasteiger partial charge on any atom is -0.325 e. The van der Waals surface area contributed by atoms with Crippen molar-refractivity contribution in [3.8, 4) is 0 Å². The third-order valence-corrected chi connectivity index (χ3v) is 6.08. The van der Waals surface area contributed by atoms with Gasteiger partial charge in [-0.25, -0.2) is 0 Å². The van der Waals surface area contributed by atoms with E-state index in [-0.39, 0.29) is 18.5 Å². The van der Waals surface area contributed by atoms with Crippen molar-refractivity contribution < 1.29 is 4.79 Å². The molecule has 2 N–H and O–H groups in total. The summed E-state index contributed by atoms with van der Waals surface area (Å²) in [5.41, 5.74) is 4.00. The smallest absolute Gasteiger partial charge is 0.238 e. The fraction of sp³-hybridized carbons (Fsp3) is 0.240. The summed E-state index contributed by atoms with van der Waals surface area (Å²) < 4.78 is 0. The molecule has 1 amide bonds. The maximum atomic E-state index is 12.6. The lowest BCUT2D eigenvalue weighted by Crippen LogP contribution is -2.39. The number of rotatable bonds is 7. The molecule has 160 valence electrons. The van der Waals surface area contributed by atoms with Gasteiger partial charge in [0.15, 0.2) is 0 Å². The highest BCUT2D eigenvalue weighted by Gasteiger charge is 2.31. The maximum absolute atomic E-state index is 12.6. The maximum Gasteiger partial charge on any atom is 0.238 e. The van der Waals surface area contributed by atoms with Crippen molar-refractivity contribution in [1.29, 1.82) is 0 Å². The predicted octanol–water partition coefficient (Wildman–Crippen LogP) is 5.17. The van der Waals surface area contributed by atoms with Crippen molar-refractivity contribution in [3.05, 3.63) is 99.5 Å². The highest BCUT2D eigenvalue weighted by atomic mass is 35.5. The van der Waals surface area contributed by atoms with Crippen LogP contribution in [0.3, 0.4) is 0 Å². The van der Waals surface area contributed by atoms with Gasteiger partial charge in [0.05, 0.1) is 12.6 Å². The van der Waals surface area contributed by atoms with E-state index in [2.05, 4.69) is 39.8 Å². The Morgan fingerprint density at radius 3 is 2.52 bits per heavy atom. The molecule has 1 unspecified atom stereocenters. The van der Waals surface area contributed by atoms with Crippen LogP contribution < -0.4 is 10.6 Å². The zero-order valence-electron chi connectivity index (χ0n) is 17.2. The Labute approximate surface area is 193 Å². The molecule has 0 aliphatic carbocycles. The second kappa shape index (κ2) is 10.3. The number of hydrogen-bond acceptors (Lipinski definition) is 3. The third-order valence-electron chi connectivity index (χ3n) is 5.50. The standard InChI is InChI=1S/C25H25Cl2N3O/c26-19-10-11-23-21(16-19)25(20-8-4-5-9-22(20)27)30(17-24(31)29-23)15-14-28-13-12-18-6-2-1-3-7-18/h1-11,16,25,28H,12-15,17H2,(H,29,31). The molecular formula is C25H25Cl2N3O. The summed E-state index contributed by atoms with van der Waals surface area (Å²) in [4.78, 5) is 14.8. The molecule has 0 spiro atoms. The van der Waals surface area contributed by atoms with Gasteiger partial charge in [0, 0.05) is 28.8 Å². The molecule has 3 aromatic carbocycles. The quantitative estimate of drug-likeness (QED) is 0.485. The first-order valence-electron chi connectivity index (χ1n) is 10.4. The van der Waals surface area contributed by atoms with Gasteiger partial charge >= 0.3 is 0 Å². The van der Waals surface area contributed by atoms with Crippen molar-refractivity contribution in [2.45, 2.75) is 12.5 Å². The molecule has 0 aromatic heterocycles. The van der Waals surface area contributed by atoms with E-state index in [4.69, 9.17) is 23.2 Å². The highest BCUT2D eigenvalue weighted by Crippen LogP contribution is 2.39. The first kappa shape index (κ1) is 21.8. The number of nitrogens with zero attached hydrogens (tertiary/aromatic N) is 1. The van der Waals surface area contributed by atoms with E-state index in [0.717, 1.165) is 36.3 Å². The van der Waals surface area contributed by atoms with Gasteiger partial charge in [-0.2, -0.15) is 0 Å². The lowest BCUT2D eigenvalue weighted by molar-refractivity contribution is -0.117. The van der Waals surface area contributed by atoms with Crippen molar-refractivity contribution in [2.24, 2.45) is 0 Å². The number of nitrogens with one attached hydrogen (secondary N) is 2. The second-order valence-electron chi connectivity index (χ2n) is 7.66. The molecule has 3 aromatic rings. The largest absolute Gasteiger partial charge is 0.325 e. The minimum atomic E-state index is -0.169. The predicted molar refractivity (Wildman–Crippen MR) is 128 cm³/mol. The van der Waals surface area contributed by atoms with Crippen LogP contribution >= 0.6 is 23.2 Å². The zero-order valence-corrected chi connectivity index (χ0v) is 18.7. The van der Waals surface area contributed by atoms with Crippen molar-refractivity contribution in [1.82, 2.24) is 10.2 Å². The van der Waals surface area contributed by atoms with E-state index in [9.17, 15) is 4.79 Å². The summed E-state index contributed by atoms with van der Waals surface area (Å²) in [7, 11) is 0. The van der Waals surface area contributed by atoms with E-state index in [1.54, 1.807) is 6.07 Å². The molecule has 0 bridgehead atoms. The molecule has 1 atom stereocenters. The van der Waals surface area contributed by atoms with Gasteiger partial charge in [-0.1, -0.05) is 71.7 Å². The van der Waals surface area contributed by atoms with Crippen molar-refractivity contribution in [3.63, 3.8) is 0 Å². The van der Waals surface area contributed by atoms with Gasteiger partial charge in [0.25, 0.3) is 0 Å². The van der Waals surface area contributed by atoms with Crippen LogP contribution in [0, 0.1) is 0 Å². The molecule has 0 saturated heterocycles. The molecule has 0 fully saturated rings. The first-order chi connectivity index (χ1) is 15.1. The summed E-state index contributed by atoms with van der Waals surface area (Å²) >= 11 is 12.9. The number of carbonyl (C=O) groups is 1. The number of halogens is 2. The van der Waals surface area contributed by atoms with Crippen molar-refractivity contribution in [2.75, 3.05) is 31.5 Å². The van der Waals surface area contributed by atoms with Crippen LogP contribution in [-0.2, 0) is 11.2 Å². The second-order valence-corrected chi connectivity index (χ2v) is 8.50. The molecule has 6 heteroatoms. The monoisotopic (exact) mass is 453 g/mol. The normalized spacial score (nSPS) is 16.5. The molecule has 0 radical (unpaired) electrons. The van der Waals surface area contributed by atoms with Gasteiger partial charge in [-0.3, -0.25) is 9.69 Å². The van der Waals surface area contributed by atoms with Crippen LogP contribution in [0.2, 0.25) is 10.0 Å². The molecule has 4 rings (SSSR count). The molecule has 1 aliphatic rings. The average molecular weight is 454 g/mol. The summed E-state index contributed by atoms with van der Waals surface area (Å²) in [6.45, 7) is 2.62. The molecule has 1 aliphatic heterocycles. The number of hydrogen-bond donors (Lipinski definition) is 2. The number of carbonyl (C=O) groups excluding carboxylic acids is 1. The van der Waals surface area contributed by atoms with Crippen LogP contribution in [0.25, 0.3) is 0 Å². The number of anilines is 1. The Morgan fingerprint density at radius 1 is 0.935 bits per heavy atom. The van der Waals surface area contributed by atoms with Crippen LogP contribution in [-0.4, -0.2) is 37.0 Å². The van der Waals surface area contributed by atoms with Crippen LogP contribution in [0.5, 0.6) is 0 Å². The van der Waals surface area contributed by atoms with Gasteiger partial charge in [-0.15, -0.1) is 0 Å². The van der Waals surface area contributed by atoms with Gasteiger partial charge in [0.1, 0.15) is 0 Å². The summed E-state index contributed by atoms with van der Waals surface area (Å²) in [6, 6.07) is 23.6. The Kier molecular flexibility index (Phi) is 7.25. The summed E-state index contributed by atoms with van der Waals surface area (Å²) in [6.07, 6.45) is 0.966. The van der Waals surface area contributed by atoms with E-state index in [0.29, 0.717) is 16.6 Å². The molecule has 31 heavy (non-hydrogen) atoms. The SMILES string of the molecule is O=C1CN(CCNCCc2ccccc2)C(c2ccccc2Cl)c2cc(Cl)ccc2N1. The van der Waals surface area contributed by atoms with Gasteiger partial charge in [-0.05, 0) is 53.9 Å². The van der Waals surface area contributed by atoms with Crippen molar-refractivity contribution >= 4 is 34.8 Å². The zero-order chi connectivity index (χ0) is 21.6. The van der Waals surface area contributed by atoms with E-state index < -0.39 is 0 Å². The Bertz CT molecular complexity index is 1040. The minimum absolute atomic E-state index is 0.0394. The van der Waals surface area contributed by atoms with Crippen LogP contribution in [0.1, 0.15) is 22.7 Å². The molecular weight excluding hydrogens is 429 g/mol. The van der Waals surface area contributed by atoms with Crippen LogP contribution in [0.4, 0.5) is 5.69 Å². The van der Waals surface area contributed by atoms with E-state index in [1.807, 2.05) is 42.5 Å².